The van der Waals surface area contributed by atoms with E-state index in [0.717, 1.165) is 12.8 Å². The zero-order valence-electron chi connectivity index (χ0n) is 19.5. The number of pyridine rings is 1. The number of rotatable bonds is 8. The lowest BCUT2D eigenvalue weighted by Gasteiger charge is -2.28. The van der Waals surface area contributed by atoms with Crippen molar-refractivity contribution in [3.8, 4) is 17.3 Å². The van der Waals surface area contributed by atoms with Gasteiger partial charge >= 0.3 is 17.8 Å². The number of hydrogen-bond acceptors (Lipinski definition) is 8. The number of esters is 1. The molecular weight excluding hydrogens is 468 g/mol. The fourth-order valence-corrected chi connectivity index (χ4v) is 4.47. The van der Waals surface area contributed by atoms with Crippen LogP contribution in [0.15, 0.2) is 59.9 Å². The van der Waals surface area contributed by atoms with Crippen molar-refractivity contribution in [2.45, 2.75) is 43.5 Å². The first-order valence-corrected chi connectivity index (χ1v) is 12.5. The van der Waals surface area contributed by atoms with Crippen LogP contribution in [0.3, 0.4) is 0 Å². The summed E-state index contributed by atoms with van der Waals surface area (Å²) in [7, 11) is 0. The quantitative estimate of drug-likeness (QED) is 0.276. The maximum atomic E-state index is 13.2. The van der Waals surface area contributed by atoms with Crippen LogP contribution in [0.1, 0.15) is 40.5 Å². The van der Waals surface area contributed by atoms with Gasteiger partial charge in [-0.3, -0.25) is 0 Å². The molecule has 2 N–H and O–H groups in total. The number of nitrogens with one attached hydrogen (secondary N) is 1. The fraction of sp³-hybridized carbons (Fsp3) is 0.320. The summed E-state index contributed by atoms with van der Waals surface area (Å²) in [4.78, 5) is 34.3. The van der Waals surface area contributed by atoms with Crippen molar-refractivity contribution < 1.29 is 28.7 Å². The minimum absolute atomic E-state index is 0.0887. The van der Waals surface area contributed by atoms with Crippen molar-refractivity contribution in [1.82, 2.24) is 15.3 Å². The minimum atomic E-state index is -1.07. The number of aromatic carboxylic acids is 1. The summed E-state index contributed by atoms with van der Waals surface area (Å²) in [5, 5.41) is 13.0. The SMILES string of the molecule is CSc1ccnc(OC2CCC(C)NC2)c1C(=O)OC[n+]1cccnc1-c1ccccc1C(=O)O. The smallest absolute Gasteiger partial charge is 0.348 e. The average Bonchev–Trinajstić information content (AvgIpc) is 2.88. The number of carboxylic acid groups (broad SMARTS) is 1. The number of ether oxygens (including phenoxy) is 2. The summed E-state index contributed by atoms with van der Waals surface area (Å²) in [6.45, 7) is 2.64. The number of thioether (sulfide) groups is 1. The van der Waals surface area contributed by atoms with E-state index >= 15 is 0 Å². The number of carboxylic acids is 1. The molecule has 2 unspecified atom stereocenters. The van der Waals surface area contributed by atoms with Gasteiger partial charge in [0.2, 0.25) is 12.6 Å². The molecule has 2 aromatic heterocycles. The van der Waals surface area contributed by atoms with E-state index in [1.807, 2.05) is 6.26 Å². The third kappa shape index (κ3) is 5.77. The highest BCUT2D eigenvalue weighted by Gasteiger charge is 2.27. The molecule has 4 rings (SSSR count). The van der Waals surface area contributed by atoms with Gasteiger partial charge in [-0.2, -0.15) is 4.57 Å². The number of benzene rings is 1. The maximum Gasteiger partial charge on any atom is 0.348 e. The highest BCUT2D eigenvalue weighted by atomic mass is 32.2. The molecule has 10 heteroatoms. The Morgan fingerprint density at radius 3 is 2.74 bits per heavy atom. The molecule has 182 valence electrons. The number of hydrogen-bond donors (Lipinski definition) is 2. The zero-order valence-corrected chi connectivity index (χ0v) is 20.3. The largest absolute Gasteiger partial charge is 0.478 e. The third-order valence-corrected chi connectivity index (χ3v) is 6.53. The van der Waals surface area contributed by atoms with Gasteiger partial charge in [-0.25, -0.2) is 14.6 Å². The molecule has 3 aromatic rings. The Labute approximate surface area is 207 Å². The van der Waals surface area contributed by atoms with E-state index in [1.165, 1.54) is 17.8 Å². The van der Waals surface area contributed by atoms with Gasteiger partial charge in [0.25, 0.3) is 0 Å². The summed E-state index contributed by atoms with van der Waals surface area (Å²) in [6, 6.07) is 10.4. The number of aromatic nitrogens is 3. The van der Waals surface area contributed by atoms with Crippen LogP contribution in [0.25, 0.3) is 11.4 Å². The fourth-order valence-electron chi connectivity index (χ4n) is 3.90. The van der Waals surface area contributed by atoms with Crippen molar-refractivity contribution in [1.29, 1.82) is 0 Å². The summed E-state index contributed by atoms with van der Waals surface area (Å²) in [5.41, 5.74) is 0.802. The number of carbonyl (C=O) groups is 2. The van der Waals surface area contributed by atoms with Gasteiger partial charge in [0.1, 0.15) is 17.9 Å². The Balaban J connectivity index is 1.57. The van der Waals surface area contributed by atoms with E-state index in [4.69, 9.17) is 9.47 Å². The van der Waals surface area contributed by atoms with Gasteiger partial charge in [0.05, 0.1) is 17.3 Å². The maximum absolute atomic E-state index is 13.2. The second-order valence-corrected chi connectivity index (χ2v) is 8.99. The lowest BCUT2D eigenvalue weighted by atomic mass is 10.0. The second kappa shape index (κ2) is 11.3. The molecule has 0 spiro atoms. The van der Waals surface area contributed by atoms with Crippen molar-refractivity contribution in [2.75, 3.05) is 12.8 Å². The number of carbonyl (C=O) groups excluding carboxylic acids is 1. The standard InChI is InChI=1S/C25H26N4O5S/c1-16-8-9-17(14-28-16)34-23-21(20(35-2)10-12-27-23)25(32)33-15-29-13-5-11-26-22(29)18-6-3-4-7-19(18)24(30)31/h3-7,10-13,16-17,28H,8-9,14-15H2,1-2H3/p+1. The van der Waals surface area contributed by atoms with Crippen LogP contribution in [-0.2, 0) is 11.5 Å². The molecule has 1 fully saturated rings. The molecule has 1 aliphatic heterocycles. The molecule has 2 atom stereocenters. The first-order chi connectivity index (χ1) is 17.0. The molecule has 0 amide bonds. The van der Waals surface area contributed by atoms with Crippen LogP contribution in [0.4, 0.5) is 0 Å². The molecule has 1 saturated heterocycles. The summed E-state index contributed by atoms with van der Waals surface area (Å²) in [6.07, 6.45) is 8.48. The Morgan fingerprint density at radius 1 is 1.17 bits per heavy atom. The molecule has 0 saturated carbocycles. The van der Waals surface area contributed by atoms with Crippen LogP contribution in [0.2, 0.25) is 0 Å². The minimum Gasteiger partial charge on any atom is -0.478 e. The molecule has 9 nitrogen and oxygen atoms in total. The Hall–Kier alpha value is -3.50. The highest BCUT2D eigenvalue weighted by molar-refractivity contribution is 7.98. The van der Waals surface area contributed by atoms with E-state index < -0.39 is 11.9 Å². The Bertz CT molecular complexity index is 1210. The van der Waals surface area contributed by atoms with Crippen LogP contribution in [0, 0.1) is 0 Å². The van der Waals surface area contributed by atoms with Crippen molar-refractivity contribution in [3.05, 3.63) is 66.1 Å². The predicted molar refractivity (Wildman–Crippen MR) is 129 cm³/mol. The van der Waals surface area contributed by atoms with Gasteiger partial charge in [0, 0.05) is 29.7 Å². The van der Waals surface area contributed by atoms with Gasteiger partial charge in [-0.15, -0.1) is 11.8 Å². The Morgan fingerprint density at radius 2 is 2.00 bits per heavy atom. The van der Waals surface area contributed by atoms with Gasteiger partial charge in [-0.1, -0.05) is 12.1 Å². The van der Waals surface area contributed by atoms with Crippen LogP contribution >= 0.6 is 11.8 Å². The van der Waals surface area contributed by atoms with Crippen LogP contribution in [-0.4, -0.2) is 52.0 Å². The molecule has 35 heavy (non-hydrogen) atoms. The van der Waals surface area contributed by atoms with E-state index in [2.05, 4.69) is 22.2 Å². The monoisotopic (exact) mass is 495 g/mol. The van der Waals surface area contributed by atoms with E-state index in [1.54, 1.807) is 53.5 Å². The molecule has 3 heterocycles. The third-order valence-electron chi connectivity index (χ3n) is 5.75. The van der Waals surface area contributed by atoms with Crippen LogP contribution in [0.5, 0.6) is 5.88 Å². The highest BCUT2D eigenvalue weighted by Crippen LogP contribution is 2.29. The Kier molecular flexibility index (Phi) is 7.94. The number of piperidine rings is 1. The van der Waals surface area contributed by atoms with Crippen molar-refractivity contribution in [3.63, 3.8) is 0 Å². The van der Waals surface area contributed by atoms with Crippen molar-refractivity contribution >= 4 is 23.7 Å². The van der Waals surface area contributed by atoms with Gasteiger partial charge in [0.15, 0.2) is 0 Å². The van der Waals surface area contributed by atoms with Crippen molar-refractivity contribution in [2.24, 2.45) is 0 Å². The topological polar surface area (TPSA) is 115 Å². The van der Waals surface area contributed by atoms with Gasteiger partial charge in [-0.05, 0) is 49.2 Å². The van der Waals surface area contributed by atoms with E-state index in [0.29, 0.717) is 28.9 Å². The summed E-state index contributed by atoms with van der Waals surface area (Å²) >= 11 is 1.41. The predicted octanol–water partition coefficient (Wildman–Crippen LogP) is 3.19. The number of nitrogens with zero attached hydrogens (tertiary/aromatic N) is 3. The summed E-state index contributed by atoms with van der Waals surface area (Å²) in [5.74, 6) is -1.03. The summed E-state index contributed by atoms with van der Waals surface area (Å²) < 4.78 is 13.4. The lowest BCUT2D eigenvalue weighted by molar-refractivity contribution is -0.719. The second-order valence-electron chi connectivity index (χ2n) is 8.14. The molecule has 0 radical (unpaired) electrons. The first-order valence-electron chi connectivity index (χ1n) is 11.2. The first kappa shape index (κ1) is 24.6. The zero-order chi connectivity index (χ0) is 24.8. The molecule has 1 aromatic carbocycles. The van der Waals surface area contributed by atoms with Crippen LogP contribution < -0.4 is 14.6 Å². The molecular formula is C25H27N4O5S+. The average molecular weight is 496 g/mol. The molecule has 1 aliphatic rings. The lowest BCUT2D eigenvalue weighted by Crippen LogP contribution is -2.42. The molecule has 0 aliphatic carbocycles. The van der Waals surface area contributed by atoms with Gasteiger partial charge < -0.3 is 19.9 Å². The normalized spacial score (nSPS) is 17.5. The van der Waals surface area contributed by atoms with E-state index in [-0.39, 0.29) is 29.8 Å². The van der Waals surface area contributed by atoms with E-state index in [9.17, 15) is 14.7 Å². The molecule has 0 bridgehead atoms.